The highest BCUT2D eigenvalue weighted by molar-refractivity contribution is 6.12. The van der Waals surface area contributed by atoms with E-state index in [2.05, 4.69) is 0 Å². The standard InChI is InChI=1S/C6H14O2.C4H3NO2/c1-4-7-6(3)8-5-2;6-3-1-2-4(7)5-3/h6H,4-5H2,1-3H3;1-2H,(H,5,6,7). The van der Waals surface area contributed by atoms with Gasteiger partial charge in [0.1, 0.15) is 0 Å². The average Bonchev–Trinajstić information content (AvgIpc) is 2.52. The van der Waals surface area contributed by atoms with Crippen LogP contribution < -0.4 is 5.32 Å². The van der Waals surface area contributed by atoms with Gasteiger partial charge in [0.2, 0.25) is 0 Å². The largest absolute Gasteiger partial charge is 0.353 e. The molecule has 0 saturated carbocycles. The van der Waals surface area contributed by atoms with E-state index in [1.165, 1.54) is 12.2 Å². The zero-order valence-electron chi connectivity index (χ0n) is 9.28. The summed E-state index contributed by atoms with van der Waals surface area (Å²) < 4.78 is 10.1. The number of ether oxygens (including phenoxy) is 2. The molecule has 0 atom stereocenters. The zero-order valence-corrected chi connectivity index (χ0v) is 9.28. The molecule has 0 aromatic rings. The van der Waals surface area contributed by atoms with Crippen LogP contribution in [0.25, 0.3) is 0 Å². The first-order chi connectivity index (χ1) is 7.10. The lowest BCUT2D eigenvalue weighted by molar-refractivity contribution is -0.124. The van der Waals surface area contributed by atoms with Crippen molar-refractivity contribution in [1.82, 2.24) is 5.32 Å². The quantitative estimate of drug-likeness (QED) is 0.551. The molecule has 15 heavy (non-hydrogen) atoms. The maximum atomic E-state index is 10.0. The first kappa shape index (κ1) is 13.8. The Morgan fingerprint density at radius 1 is 1.13 bits per heavy atom. The topological polar surface area (TPSA) is 64.6 Å². The Labute approximate surface area is 89.4 Å². The maximum Gasteiger partial charge on any atom is 0.250 e. The van der Waals surface area contributed by atoms with Gasteiger partial charge in [0.25, 0.3) is 11.8 Å². The Morgan fingerprint density at radius 2 is 1.53 bits per heavy atom. The van der Waals surface area contributed by atoms with E-state index < -0.39 is 0 Å². The number of hydrogen-bond acceptors (Lipinski definition) is 4. The average molecular weight is 215 g/mol. The molecule has 0 saturated heterocycles. The first-order valence-corrected chi connectivity index (χ1v) is 4.86. The molecule has 1 aliphatic rings. The second-order valence-corrected chi connectivity index (χ2v) is 2.67. The fourth-order valence-corrected chi connectivity index (χ4v) is 0.874. The van der Waals surface area contributed by atoms with Gasteiger partial charge in [0.15, 0.2) is 6.29 Å². The molecule has 0 aromatic carbocycles. The Hall–Kier alpha value is -1.20. The summed E-state index contributed by atoms with van der Waals surface area (Å²) in [5, 5.41) is 2.03. The summed E-state index contributed by atoms with van der Waals surface area (Å²) in [6.07, 6.45) is 2.36. The van der Waals surface area contributed by atoms with Crippen LogP contribution >= 0.6 is 0 Å². The van der Waals surface area contributed by atoms with Crippen LogP contribution in [-0.4, -0.2) is 31.3 Å². The molecule has 0 aliphatic carbocycles. The summed E-state index contributed by atoms with van der Waals surface area (Å²) in [4.78, 5) is 20.1. The second kappa shape index (κ2) is 8.14. The Balaban J connectivity index is 0.000000262. The second-order valence-electron chi connectivity index (χ2n) is 2.67. The zero-order chi connectivity index (χ0) is 11.7. The molecule has 0 aromatic heterocycles. The number of imide groups is 1. The molecule has 0 bridgehead atoms. The van der Waals surface area contributed by atoms with Crippen LogP contribution in [-0.2, 0) is 19.1 Å². The van der Waals surface area contributed by atoms with E-state index in [0.29, 0.717) is 0 Å². The molecule has 0 radical (unpaired) electrons. The van der Waals surface area contributed by atoms with Crippen molar-refractivity contribution in [3.8, 4) is 0 Å². The van der Waals surface area contributed by atoms with Crippen molar-refractivity contribution in [2.75, 3.05) is 13.2 Å². The summed E-state index contributed by atoms with van der Waals surface area (Å²) in [6, 6.07) is 0. The number of nitrogens with one attached hydrogen (secondary N) is 1. The molecule has 5 heteroatoms. The minimum Gasteiger partial charge on any atom is -0.353 e. The summed E-state index contributed by atoms with van der Waals surface area (Å²) >= 11 is 0. The van der Waals surface area contributed by atoms with E-state index in [-0.39, 0.29) is 18.1 Å². The SMILES string of the molecule is CCOC(C)OCC.O=C1C=CC(=O)N1. The highest BCUT2D eigenvalue weighted by atomic mass is 16.7. The summed E-state index contributed by atoms with van der Waals surface area (Å²) in [5.41, 5.74) is 0. The van der Waals surface area contributed by atoms with Crippen molar-refractivity contribution in [3.63, 3.8) is 0 Å². The third-order valence-electron chi connectivity index (χ3n) is 1.44. The number of carbonyl (C=O) groups excluding carboxylic acids is 2. The lowest BCUT2D eigenvalue weighted by Crippen LogP contribution is -2.19. The van der Waals surface area contributed by atoms with Gasteiger partial charge in [-0.05, 0) is 20.8 Å². The Kier molecular flexibility index (Phi) is 7.49. The molecule has 86 valence electrons. The Bertz CT molecular complexity index is 216. The van der Waals surface area contributed by atoms with Crippen molar-refractivity contribution in [3.05, 3.63) is 12.2 Å². The minimum atomic E-state index is -0.329. The third kappa shape index (κ3) is 7.84. The predicted molar refractivity (Wildman–Crippen MR) is 55.0 cm³/mol. The van der Waals surface area contributed by atoms with Crippen molar-refractivity contribution in [1.29, 1.82) is 0 Å². The Morgan fingerprint density at radius 3 is 1.73 bits per heavy atom. The number of hydrogen-bond donors (Lipinski definition) is 1. The molecule has 5 nitrogen and oxygen atoms in total. The molecule has 1 heterocycles. The summed E-state index contributed by atoms with van der Waals surface area (Å²) in [7, 11) is 0. The van der Waals surface area contributed by atoms with Crippen molar-refractivity contribution >= 4 is 11.8 Å². The van der Waals surface area contributed by atoms with Gasteiger partial charge in [0, 0.05) is 25.4 Å². The van der Waals surface area contributed by atoms with E-state index in [0.717, 1.165) is 13.2 Å². The molecular weight excluding hydrogens is 198 g/mol. The van der Waals surface area contributed by atoms with Crippen LogP contribution in [0, 0.1) is 0 Å². The number of carbonyl (C=O) groups is 2. The van der Waals surface area contributed by atoms with E-state index in [1.807, 2.05) is 26.1 Å². The van der Waals surface area contributed by atoms with Crippen LogP contribution in [0.4, 0.5) is 0 Å². The lowest BCUT2D eigenvalue weighted by atomic mass is 10.6. The molecule has 0 spiro atoms. The van der Waals surface area contributed by atoms with E-state index in [1.54, 1.807) is 0 Å². The van der Waals surface area contributed by atoms with Gasteiger partial charge in [-0.1, -0.05) is 0 Å². The highest BCUT2D eigenvalue weighted by Crippen LogP contribution is 1.90. The summed E-state index contributed by atoms with van der Waals surface area (Å²) in [5.74, 6) is -0.657. The van der Waals surface area contributed by atoms with Gasteiger partial charge >= 0.3 is 0 Å². The van der Waals surface area contributed by atoms with Gasteiger partial charge in [0.05, 0.1) is 0 Å². The minimum absolute atomic E-state index is 0.0370. The van der Waals surface area contributed by atoms with Crippen LogP contribution in [0.5, 0.6) is 0 Å². The van der Waals surface area contributed by atoms with E-state index >= 15 is 0 Å². The molecule has 2 amide bonds. The molecule has 1 rings (SSSR count). The first-order valence-electron chi connectivity index (χ1n) is 4.86. The van der Waals surface area contributed by atoms with Crippen LogP contribution in [0.3, 0.4) is 0 Å². The van der Waals surface area contributed by atoms with Crippen molar-refractivity contribution in [2.45, 2.75) is 27.1 Å². The normalized spacial score (nSPS) is 13.9. The van der Waals surface area contributed by atoms with Gasteiger partial charge in [-0.3, -0.25) is 14.9 Å². The fraction of sp³-hybridized carbons (Fsp3) is 0.600. The number of amides is 2. The van der Waals surface area contributed by atoms with Gasteiger partial charge in [-0.2, -0.15) is 0 Å². The molecule has 0 unspecified atom stereocenters. The monoisotopic (exact) mass is 215 g/mol. The highest BCUT2D eigenvalue weighted by Gasteiger charge is 2.06. The predicted octanol–water partition coefficient (Wildman–Crippen LogP) is 0.604. The van der Waals surface area contributed by atoms with Gasteiger partial charge in [-0.25, -0.2) is 0 Å². The molecule has 0 fully saturated rings. The molecule has 1 aliphatic heterocycles. The van der Waals surface area contributed by atoms with E-state index in [9.17, 15) is 9.59 Å². The van der Waals surface area contributed by atoms with Crippen molar-refractivity contribution in [2.24, 2.45) is 0 Å². The van der Waals surface area contributed by atoms with Crippen molar-refractivity contribution < 1.29 is 19.1 Å². The van der Waals surface area contributed by atoms with Crippen LogP contribution in [0.1, 0.15) is 20.8 Å². The number of rotatable bonds is 4. The van der Waals surface area contributed by atoms with E-state index in [4.69, 9.17) is 9.47 Å². The van der Waals surface area contributed by atoms with Crippen LogP contribution in [0.15, 0.2) is 12.2 Å². The smallest absolute Gasteiger partial charge is 0.250 e. The third-order valence-corrected chi connectivity index (χ3v) is 1.44. The summed E-state index contributed by atoms with van der Waals surface area (Å²) in [6.45, 7) is 7.25. The molecular formula is C10H17NO4. The van der Waals surface area contributed by atoms with Gasteiger partial charge < -0.3 is 9.47 Å². The fourth-order valence-electron chi connectivity index (χ4n) is 0.874. The maximum absolute atomic E-state index is 10.0. The van der Waals surface area contributed by atoms with Crippen LogP contribution in [0.2, 0.25) is 0 Å². The van der Waals surface area contributed by atoms with Gasteiger partial charge in [-0.15, -0.1) is 0 Å². The lowest BCUT2D eigenvalue weighted by Gasteiger charge is -2.09. The molecule has 1 N–H and O–H groups in total.